The van der Waals surface area contributed by atoms with Gasteiger partial charge in [-0.05, 0) is 47.5 Å². The van der Waals surface area contributed by atoms with E-state index in [0.29, 0.717) is 22.0 Å². The Kier molecular flexibility index (Phi) is 5.40. The molecule has 1 aliphatic rings. The second kappa shape index (κ2) is 8.01. The molecule has 0 bridgehead atoms. The Labute approximate surface area is 180 Å². The average Bonchev–Trinajstić information content (AvgIpc) is 2.76. The number of hydrogen-bond acceptors (Lipinski definition) is 4. The third-order valence-electron chi connectivity index (χ3n) is 4.91. The highest BCUT2D eigenvalue weighted by Crippen LogP contribution is 2.36. The Morgan fingerprint density at radius 2 is 1.47 bits per heavy atom. The van der Waals surface area contributed by atoms with Gasteiger partial charge in [0.25, 0.3) is 10.0 Å². The number of carbonyl (C=O) groups excluding carboxylic acids is 1. The Bertz CT molecular complexity index is 1180. The molecule has 30 heavy (non-hydrogen) atoms. The van der Waals surface area contributed by atoms with E-state index in [0.717, 1.165) is 9.87 Å². The lowest BCUT2D eigenvalue weighted by Crippen LogP contribution is -2.49. The third-order valence-corrected chi connectivity index (χ3v) is 6.93. The smallest absolute Gasteiger partial charge is 0.339 e. The molecular weight excluding hydrogens is 424 g/mol. The number of rotatable bonds is 5. The van der Waals surface area contributed by atoms with Gasteiger partial charge in [-0.1, -0.05) is 48.0 Å². The second-order valence-electron chi connectivity index (χ2n) is 6.82. The summed E-state index contributed by atoms with van der Waals surface area (Å²) in [6.45, 7) is 0.151. The van der Waals surface area contributed by atoms with Crippen LogP contribution in [0.5, 0.6) is 5.75 Å². The van der Waals surface area contributed by atoms with Crippen molar-refractivity contribution in [3.05, 3.63) is 88.9 Å². The van der Waals surface area contributed by atoms with Crippen LogP contribution in [0.1, 0.15) is 11.1 Å². The van der Waals surface area contributed by atoms with Crippen LogP contribution < -0.4 is 9.64 Å². The van der Waals surface area contributed by atoms with Crippen LogP contribution in [0.25, 0.3) is 0 Å². The van der Waals surface area contributed by atoms with Crippen molar-refractivity contribution in [1.29, 1.82) is 0 Å². The first-order valence-corrected chi connectivity index (χ1v) is 11.0. The highest BCUT2D eigenvalue weighted by atomic mass is 35.5. The molecule has 2 amide bonds. The predicted octanol–water partition coefficient (Wildman–Crippen LogP) is 4.68. The summed E-state index contributed by atoms with van der Waals surface area (Å²) >= 11 is 5.96. The molecule has 1 aliphatic heterocycles. The molecule has 3 aromatic rings. The number of anilines is 1. The monoisotopic (exact) mass is 442 g/mol. The van der Waals surface area contributed by atoms with Gasteiger partial charge >= 0.3 is 6.03 Å². The Hall–Kier alpha value is -3.03. The van der Waals surface area contributed by atoms with Gasteiger partial charge in [0.05, 0.1) is 25.9 Å². The molecule has 0 N–H and O–H groups in total. The van der Waals surface area contributed by atoms with E-state index in [9.17, 15) is 13.2 Å². The van der Waals surface area contributed by atoms with E-state index < -0.39 is 16.1 Å². The molecule has 1 heterocycles. The molecule has 0 saturated carbocycles. The molecule has 0 aliphatic carbocycles. The van der Waals surface area contributed by atoms with Crippen molar-refractivity contribution >= 4 is 33.3 Å². The number of fused-ring (bicyclic) bond motifs is 1. The van der Waals surface area contributed by atoms with Crippen molar-refractivity contribution in [1.82, 2.24) is 4.31 Å². The first kappa shape index (κ1) is 20.3. The number of sulfonamides is 1. The van der Waals surface area contributed by atoms with Crippen molar-refractivity contribution in [2.24, 2.45) is 0 Å². The number of halogens is 1. The lowest BCUT2D eigenvalue weighted by atomic mass is 10.2. The topological polar surface area (TPSA) is 66.9 Å². The fraction of sp³-hybridized carbons (Fsp3) is 0.136. The van der Waals surface area contributed by atoms with Gasteiger partial charge in [-0.2, -0.15) is 0 Å². The third kappa shape index (κ3) is 3.74. The zero-order valence-corrected chi connectivity index (χ0v) is 17.7. The quantitative estimate of drug-likeness (QED) is 0.575. The van der Waals surface area contributed by atoms with E-state index in [-0.39, 0.29) is 18.0 Å². The largest absolute Gasteiger partial charge is 0.497 e. The van der Waals surface area contributed by atoms with Gasteiger partial charge in [-0.3, -0.25) is 4.90 Å². The number of benzene rings is 3. The van der Waals surface area contributed by atoms with Crippen LogP contribution in [0, 0.1) is 0 Å². The van der Waals surface area contributed by atoms with Gasteiger partial charge in [0.1, 0.15) is 10.6 Å². The van der Waals surface area contributed by atoms with Crippen molar-refractivity contribution in [3.63, 3.8) is 0 Å². The highest BCUT2D eigenvalue weighted by molar-refractivity contribution is 7.90. The average molecular weight is 443 g/mol. The van der Waals surface area contributed by atoms with E-state index in [2.05, 4.69) is 0 Å². The SMILES string of the molecule is COc1ccc(CN2C(=O)N(Cc3ccc(Cl)cc3)c3ccccc3S2(=O)=O)cc1. The molecule has 8 heteroatoms. The molecule has 4 rings (SSSR count). The lowest BCUT2D eigenvalue weighted by molar-refractivity contribution is 0.226. The standard InChI is InChI=1S/C22H19ClN2O4S/c1-29-19-12-8-17(9-13-19)15-25-22(26)24(14-16-6-10-18(23)11-7-16)20-4-2-3-5-21(20)30(25,27)28/h2-13H,14-15H2,1H3. The van der Waals surface area contributed by atoms with E-state index >= 15 is 0 Å². The summed E-state index contributed by atoms with van der Waals surface area (Å²) in [6.07, 6.45) is 0. The summed E-state index contributed by atoms with van der Waals surface area (Å²) < 4.78 is 32.5. The zero-order valence-electron chi connectivity index (χ0n) is 16.2. The van der Waals surface area contributed by atoms with Crippen LogP contribution in [-0.2, 0) is 23.1 Å². The first-order chi connectivity index (χ1) is 14.4. The van der Waals surface area contributed by atoms with Crippen LogP contribution in [-0.4, -0.2) is 25.9 Å². The fourth-order valence-corrected chi connectivity index (χ4v) is 5.01. The van der Waals surface area contributed by atoms with Crippen molar-refractivity contribution in [3.8, 4) is 5.75 Å². The number of hydrogen-bond donors (Lipinski definition) is 0. The summed E-state index contributed by atoms with van der Waals surface area (Å²) in [5.41, 5.74) is 1.88. The van der Waals surface area contributed by atoms with Crippen LogP contribution in [0.3, 0.4) is 0 Å². The number of carbonyl (C=O) groups is 1. The minimum atomic E-state index is -3.99. The van der Waals surface area contributed by atoms with Crippen LogP contribution in [0.2, 0.25) is 5.02 Å². The molecule has 0 spiro atoms. The fourth-order valence-electron chi connectivity index (χ4n) is 3.33. The molecule has 0 radical (unpaired) electrons. The van der Waals surface area contributed by atoms with Gasteiger partial charge in [0.2, 0.25) is 0 Å². The second-order valence-corrected chi connectivity index (χ2v) is 9.09. The van der Waals surface area contributed by atoms with Gasteiger partial charge < -0.3 is 4.74 Å². The summed E-state index contributed by atoms with van der Waals surface area (Å²) in [6, 6.07) is 20.0. The molecule has 0 saturated heterocycles. The van der Waals surface area contributed by atoms with Gasteiger partial charge in [0, 0.05) is 5.02 Å². The number of nitrogens with zero attached hydrogens (tertiary/aromatic N) is 2. The molecule has 0 fully saturated rings. The van der Waals surface area contributed by atoms with Crippen LogP contribution in [0.4, 0.5) is 10.5 Å². The zero-order chi connectivity index (χ0) is 21.3. The maximum atomic E-state index is 13.3. The van der Waals surface area contributed by atoms with Gasteiger partial charge in [-0.25, -0.2) is 17.5 Å². The van der Waals surface area contributed by atoms with Crippen molar-refractivity contribution < 1.29 is 17.9 Å². The van der Waals surface area contributed by atoms with E-state index in [1.54, 1.807) is 61.7 Å². The molecular formula is C22H19ClN2O4S. The van der Waals surface area contributed by atoms with Crippen LogP contribution >= 0.6 is 11.6 Å². The maximum absolute atomic E-state index is 13.3. The van der Waals surface area contributed by atoms with Gasteiger partial charge in [0.15, 0.2) is 0 Å². The normalized spacial score (nSPS) is 15.1. The van der Waals surface area contributed by atoms with E-state index in [1.165, 1.54) is 11.0 Å². The number of urea groups is 1. The summed E-state index contributed by atoms with van der Waals surface area (Å²) in [5.74, 6) is 0.654. The minimum absolute atomic E-state index is 0.0728. The van der Waals surface area contributed by atoms with Crippen molar-refractivity contribution in [2.45, 2.75) is 18.0 Å². The summed E-state index contributed by atoms with van der Waals surface area (Å²) in [5, 5.41) is 0.591. The summed E-state index contributed by atoms with van der Waals surface area (Å²) in [7, 11) is -2.43. The minimum Gasteiger partial charge on any atom is -0.497 e. The summed E-state index contributed by atoms with van der Waals surface area (Å²) in [4.78, 5) is 14.9. The van der Waals surface area contributed by atoms with Crippen molar-refractivity contribution in [2.75, 3.05) is 12.0 Å². The number of amides is 2. The molecule has 0 atom stereocenters. The Morgan fingerprint density at radius 3 is 2.13 bits per heavy atom. The molecule has 154 valence electrons. The number of methoxy groups -OCH3 is 1. The Balaban J connectivity index is 1.73. The number of para-hydroxylation sites is 1. The first-order valence-electron chi connectivity index (χ1n) is 9.21. The molecule has 0 unspecified atom stereocenters. The number of ether oxygens (including phenoxy) is 1. The maximum Gasteiger partial charge on any atom is 0.339 e. The molecule has 0 aromatic heterocycles. The molecule has 6 nitrogen and oxygen atoms in total. The van der Waals surface area contributed by atoms with Crippen LogP contribution in [0.15, 0.2) is 77.7 Å². The van der Waals surface area contributed by atoms with E-state index in [4.69, 9.17) is 16.3 Å². The predicted molar refractivity (Wildman–Crippen MR) is 115 cm³/mol. The lowest BCUT2D eigenvalue weighted by Gasteiger charge is -2.36. The Morgan fingerprint density at radius 1 is 0.867 bits per heavy atom. The van der Waals surface area contributed by atoms with Gasteiger partial charge in [-0.15, -0.1) is 0 Å². The highest BCUT2D eigenvalue weighted by Gasteiger charge is 2.41. The van der Waals surface area contributed by atoms with E-state index in [1.807, 2.05) is 12.1 Å². The molecule has 3 aromatic carbocycles.